The summed E-state index contributed by atoms with van der Waals surface area (Å²) < 4.78 is 42.1. The van der Waals surface area contributed by atoms with Crippen LogP contribution in [0.15, 0.2) is 18.5 Å². The van der Waals surface area contributed by atoms with Gasteiger partial charge in [-0.3, -0.25) is 4.98 Å². The van der Waals surface area contributed by atoms with Crippen molar-refractivity contribution in [3.63, 3.8) is 0 Å². The Morgan fingerprint density at radius 1 is 1.31 bits per heavy atom. The minimum absolute atomic E-state index is 0. The number of hydrogen-bond acceptors (Lipinski definition) is 2. The average Bonchev–Trinajstić information content (AvgIpc) is 2.17. The Labute approximate surface area is 135 Å². The number of aromatic nitrogens is 1. The SMILES string of the molecule is CCCCOc1cncc([B-](F)(F)F)c1.[K+]. The molecule has 7 heteroatoms. The largest absolute Gasteiger partial charge is 1.00 e. The minimum atomic E-state index is -4.99. The van der Waals surface area contributed by atoms with E-state index in [0.29, 0.717) is 6.61 Å². The summed E-state index contributed by atoms with van der Waals surface area (Å²) in [6, 6.07) is 0.989. The molecule has 0 aliphatic heterocycles. The molecule has 1 aromatic rings. The van der Waals surface area contributed by atoms with Crippen molar-refractivity contribution in [2.24, 2.45) is 0 Å². The van der Waals surface area contributed by atoms with Crippen LogP contribution in [0, 0.1) is 0 Å². The molecule has 0 amide bonds. The summed E-state index contributed by atoms with van der Waals surface area (Å²) in [5, 5.41) is 0. The molecule has 0 radical (unpaired) electrons. The number of nitrogens with zero attached hydrogens (tertiary/aromatic N) is 1. The van der Waals surface area contributed by atoms with Crippen molar-refractivity contribution in [3.8, 4) is 5.75 Å². The molecule has 0 spiro atoms. The molecule has 0 saturated heterocycles. The smallest absolute Gasteiger partial charge is 0.492 e. The maximum atomic E-state index is 12.3. The topological polar surface area (TPSA) is 22.1 Å². The van der Waals surface area contributed by atoms with Crippen molar-refractivity contribution in [1.29, 1.82) is 0 Å². The van der Waals surface area contributed by atoms with Gasteiger partial charge in [0, 0.05) is 6.20 Å². The van der Waals surface area contributed by atoms with E-state index in [9.17, 15) is 12.9 Å². The third-order valence-electron chi connectivity index (χ3n) is 1.88. The molecule has 1 heterocycles. The van der Waals surface area contributed by atoms with E-state index in [-0.39, 0.29) is 57.1 Å². The van der Waals surface area contributed by atoms with Crippen molar-refractivity contribution in [2.45, 2.75) is 19.8 Å². The third kappa shape index (κ3) is 5.68. The second kappa shape index (κ2) is 7.71. The number of ether oxygens (including phenoxy) is 1. The Hall–Kier alpha value is 0.441. The van der Waals surface area contributed by atoms with E-state index in [2.05, 4.69) is 4.98 Å². The Kier molecular flexibility index (Phi) is 7.92. The van der Waals surface area contributed by atoms with Crippen molar-refractivity contribution < 1.29 is 69.1 Å². The van der Waals surface area contributed by atoms with Gasteiger partial charge in [0.2, 0.25) is 0 Å². The Balaban J connectivity index is 0.00000225. The van der Waals surface area contributed by atoms with Crippen LogP contribution in [0.25, 0.3) is 0 Å². The normalized spacial score (nSPS) is 10.8. The molecule has 0 bridgehead atoms. The van der Waals surface area contributed by atoms with Gasteiger partial charge in [0.05, 0.1) is 12.8 Å². The summed E-state index contributed by atoms with van der Waals surface area (Å²) in [6.45, 7) is -2.58. The van der Waals surface area contributed by atoms with Crippen molar-refractivity contribution in [2.75, 3.05) is 6.61 Å². The fourth-order valence-electron chi connectivity index (χ4n) is 1.03. The van der Waals surface area contributed by atoms with E-state index in [0.717, 1.165) is 25.1 Å². The van der Waals surface area contributed by atoms with E-state index >= 15 is 0 Å². The fourth-order valence-corrected chi connectivity index (χ4v) is 1.03. The third-order valence-corrected chi connectivity index (χ3v) is 1.88. The predicted octanol–water partition coefficient (Wildman–Crippen LogP) is -0.681. The Bertz CT molecular complexity index is 322. The first-order valence-corrected chi connectivity index (χ1v) is 4.81. The van der Waals surface area contributed by atoms with Crippen LogP contribution < -0.4 is 61.6 Å². The fraction of sp³-hybridized carbons (Fsp3) is 0.444. The Morgan fingerprint density at radius 3 is 2.56 bits per heavy atom. The zero-order valence-corrected chi connectivity index (χ0v) is 12.5. The molecule has 16 heavy (non-hydrogen) atoms. The molecule has 84 valence electrons. The summed E-state index contributed by atoms with van der Waals surface area (Å²) in [5.74, 6) is 0.181. The quantitative estimate of drug-likeness (QED) is 0.515. The van der Waals surface area contributed by atoms with E-state index in [1.807, 2.05) is 6.92 Å². The molecule has 1 aromatic heterocycles. The van der Waals surface area contributed by atoms with Gasteiger partial charge in [-0.15, -0.1) is 0 Å². The summed E-state index contributed by atoms with van der Waals surface area (Å²) in [6.07, 6.45) is 3.87. The van der Waals surface area contributed by atoms with Gasteiger partial charge in [0.1, 0.15) is 5.75 Å². The average molecular weight is 257 g/mol. The Morgan fingerprint density at radius 2 is 2.00 bits per heavy atom. The van der Waals surface area contributed by atoms with Crippen LogP contribution in [0.1, 0.15) is 19.8 Å². The summed E-state index contributed by atoms with van der Waals surface area (Å²) in [5.41, 5.74) is -0.719. The predicted molar refractivity (Wildman–Crippen MR) is 53.4 cm³/mol. The van der Waals surface area contributed by atoms with Crippen molar-refractivity contribution >= 4 is 12.4 Å². The molecule has 0 aliphatic carbocycles. The summed E-state index contributed by atoms with van der Waals surface area (Å²) in [4.78, 5) is 3.50. The van der Waals surface area contributed by atoms with Gasteiger partial charge in [0.25, 0.3) is 0 Å². The van der Waals surface area contributed by atoms with Crippen LogP contribution in [0.2, 0.25) is 0 Å². The zero-order valence-electron chi connectivity index (χ0n) is 9.42. The molecule has 0 aliphatic rings. The van der Waals surface area contributed by atoms with E-state index < -0.39 is 12.4 Å². The van der Waals surface area contributed by atoms with Gasteiger partial charge >= 0.3 is 58.4 Å². The van der Waals surface area contributed by atoms with Crippen LogP contribution in [0.4, 0.5) is 12.9 Å². The van der Waals surface area contributed by atoms with E-state index in [1.54, 1.807) is 0 Å². The summed E-state index contributed by atoms with van der Waals surface area (Å²) in [7, 11) is 0. The number of halogens is 3. The molecule has 0 fully saturated rings. The van der Waals surface area contributed by atoms with Gasteiger partial charge in [-0.1, -0.05) is 18.8 Å². The first-order valence-electron chi connectivity index (χ1n) is 4.81. The molecule has 0 unspecified atom stereocenters. The number of unbranched alkanes of at least 4 members (excludes halogenated alkanes) is 1. The molecular formula is C9H12BF3KNO. The number of hydrogen-bond donors (Lipinski definition) is 0. The maximum absolute atomic E-state index is 12.3. The van der Waals surface area contributed by atoms with Crippen LogP contribution in [0.3, 0.4) is 0 Å². The van der Waals surface area contributed by atoms with Crippen LogP contribution in [-0.4, -0.2) is 18.6 Å². The van der Waals surface area contributed by atoms with Crippen molar-refractivity contribution in [3.05, 3.63) is 18.5 Å². The molecule has 0 atom stereocenters. The van der Waals surface area contributed by atoms with Gasteiger partial charge < -0.3 is 17.7 Å². The second-order valence-corrected chi connectivity index (χ2v) is 3.23. The van der Waals surface area contributed by atoms with Gasteiger partial charge in [-0.25, -0.2) is 0 Å². The van der Waals surface area contributed by atoms with Gasteiger partial charge in [-0.2, -0.15) is 0 Å². The zero-order chi connectivity index (χ0) is 11.3. The first kappa shape index (κ1) is 16.4. The van der Waals surface area contributed by atoms with Gasteiger partial charge in [0.15, 0.2) is 0 Å². The monoisotopic (exact) mass is 257 g/mol. The molecule has 0 saturated carbocycles. The molecule has 0 aromatic carbocycles. The number of pyridine rings is 1. The second-order valence-electron chi connectivity index (χ2n) is 3.23. The standard InChI is InChI=1S/C9H12BF3NO.K/c1-2-3-4-15-9-5-8(6-14-7-9)10(11,12)13;/h5-7H,2-4H2,1H3;/q-1;+1. The molecule has 2 nitrogen and oxygen atoms in total. The van der Waals surface area contributed by atoms with E-state index in [1.165, 1.54) is 6.20 Å². The molecular weight excluding hydrogens is 245 g/mol. The van der Waals surface area contributed by atoms with Crippen LogP contribution in [-0.2, 0) is 0 Å². The van der Waals surface area contributed by atoms with Crippen molar-refractivity contribution in [1.82, 2.24) is 4.98 Å². The van der Waals surface area contributed by atoms with E-state index in [4.69, 9.17) is 4.74 Å². The van der Waals surface area contributed by atoms with Crippen LogP contribution >= 0.6 is 0 Å². The minimum Gasteiger partial charge on any atom is -0.492 e. The van der Waals surface area contributed by atoms with Gasteiger partial charge in [-0.05, 0) is 12.5 Å². The maximum Gasteiger partial charge on any atom is 1.00 e. The van der Waals surface area contributed by atoms with Crippen LogP contribution in [0.5, 0.6) is 5.75 Å². The number of rotatable bonds is 5. The molecule has 1 rings (SSSR count). The first-order chi connectivity index (χ1) is 7.04. The molecule has 0 N–H and O–H groups in total. The summed E-state index contributed by atoms with van der Waals surface area (Å²) >= 11 is 0.